The van der Waals surface area contributed by atoms with Crippen molar-refractivity contribution in [2.75, 3.05) is 17.5 Å². The van der Waals surface area contributed by atoms with Gasteiger partial charge in [-0.05, 0) is 74.3 Å². The van der Waals surface area contributed by atoms with Crippen molar-refractivity contribution >= 4 is 27.3 Å². The second-order valence-electron chi connectivity index (χ2n) is 10.6. The lowest BCUT2D eigenvalue weighted by Gasteiger charge is -2.36. The Morgan fingerprint density at radius 2 is 1.61 bits per heavy atom. The van der Waals surface area contributed by atoms with Crippen molar-refractivity contribution in [3.8, 4) is 5.75 Å². The minimum Gasteiger partial charge on any atom is -0.493 e. The second kappa shape index (κ2) is 14.0. The summed E-state index contributed by atoms with van der Waals surface area (Å²) >= 11 is 5.95. The van der Waals surface area contributed by atoms with Gasteiger partial charge in [-0.15, -0.1) is 0 Å². The maximum atomic E-state index is 15.0. The van der Waals surface area contributed by atoms with Gasteiger partial charge in [0.15, 0.2) is 11.6 Å². The van der Waals surface area contributed by atoms with Gasteiger partial charge in [0.2, 0.25) is 0 Å². The van der Waals surface area contributed by atoms with E-state index in [1.165, 1.54) is 30.3 Å². The Bertz CT molecular complexity index is 1710. The van der Waals surface area contributed by atoms with Crippen LogP contribution in [0.2, 0.25) is 5.02 Å². The smallest absolute Gasteiger partial charge is 0.264 e. The number of hydrogen-bond donors (Lipinski definition) is 0. The zero-order chi connectivity index (χ0) is 31.3. The number of benzene rings is 4. The summed E-state index contributed by atoms with van der Waals surface area (Å²) in [5.74, 6) is -3.03. The van der Waals surface area contributed by atoms with Crippen LogP contribution in [0.4, 0.5) is 23.2 Å². The van der Waals surface area contributed by atoms with Gasteiger partial charge in [0.1, 0.15) is 17.4 Å². The van der Waals surface area contributed by atoms with Crippen LogP contribution in [-0.2, 0) is 23.1 Å². The van der Waals surface area contributed by atoms with Crippen molar-refractivity contribution in [3.63, 3.8) is 0 Å². The van der Waals surface area contributed by atoms with E-state index in [0.717, 1.165) is 54.4 Å². The third kappa shape index (κ3) is 7.36. The van der Waals surface area contributed by atoms with E-state index in [9.17, 15) is 21.6 Å². The Kier molecular flexibility index (Phi) is 10.1. The van der Waals surface area contributed by atoms with Crippen LogP contribution in [0.3, 0.4) is 0 Å². The first-order valence-electron chi connectivity index (χ1n) is 14.2. The highest BCUT2D eigenvalue weighted by Crippen LogP contribution is 2.32. The monoisotopic (exact) mass is 646 g/mol. The molecule has 1 atom stereocenters. The molecular formula is C33H31ClF4N2O3S. The molecule has 5 rings (SSSR count). The van der Waals surface area contributed by atoms with Gasteiger partial charge in [0, 0.05) is 34.8 Å². The van der Waals surface area contributed by atoms with Gasteiger partial charge in [0.05, 0.1) is 23.7 Å². The van der Waals surface area contributed by atoms with Gasteiger partial charge in [-0.25, -0.2) is 26.0 Å². The molecule has 0 saturated carbocycles. The van der Waals surface area contributed by atoms with Crippen LogP contribution in [0.1, 0.15) is 36.8 Å². The Morgan fingerprint density at radius 3 is 2.41 bits per heavy atom. The number of sulfonamides is 1. The summed E-state index contributed by atoms with van der Waals surface area (Å²) in [7, 11) is -4.36. The van der Waals surface area contributed by atoms with Crippen LogP contribution < -0.4 is 9.04 Å². The highest BCUT2D eigenvalue weighted by Gasteiger charge is 2.29. The summed E-state index contributed by atoms with van der Waals surface area (Å²) in [5, 5.41) is 0.323. The van der Waals surface area contributed by atoms with Crippen LogP contribution in [0.15, 0.2) is 89.8 Å². The van der Waals surface area contributed by atoms with E-state index in [1.807, 2.05) is 0 Å². The summed E-state index contributed by atoms with van der Waals surface area (Å²) in [5.41, 5.74) is 0.294. The fourth-order valence-corrected chi connectivity index (χ4v) is 7.00. The fraction of sp³-hybridized carbons (Fsp3) is 0.273. The van der Waals surface area contributed by atoms with Crippen molar-refractivity contribution in [2.45, 2.75) is 49.7 Å². The lowest BCUT2D eigenvalue weighted by molar-refractivity contribution is 0.115. The van der Waals surface area contributed by atoms with E-state index in [2.05, 4.69) is 4.90 Å². The minimum atomic E-state index is -4.36. The summed E-state index contributed by atoms with van der Waals surface area (Å²) in [6.45, 7) is 0.952. The molecule has 0 amide bonds. The van der Waals surface area contributed by atoms with Gasteiger partial charge in [-0.2, -0.15) is 0 Å². The van der Waals surface area contributed by atoms with E-state index in [-0.39, 0.29) is 30.6 Å². The number of piperidine rings is 1. The molecule has 1 unspecified atom stereocenters. The van der Waals surface area contributed by atoms with Crippen LogP contribution in [-0.4, -0.2) is 32.5 Å². The maximum absolute atomic E-state index is 15.0. The zero-order valence-corrected chi connectivity index (χ0v) is 25.3. The third-order valence-electron chi connectivity index (χ3n) is 7.73. The second-order valence-corrected chi connectivity index (χ2v) is 12.9. The fourth-order valence-electron chi connectivity index (χ4n) is 5.43. The third-order valence-corrected chi connectivity index (χ3v) is 9.75. The van der Waals surface area contributed by atoms with E-state index in [1.54, 1.807) is 30.3 Å². The van der Waals surface area contributed by atoms with Crippen molar-refractivity contribution in [1.82, 2.24) is 4.90 Å². The van der Waals surface area contributed by atoms with Gasteiger partial charge >= 0.3 is 0 Å². The molecule has 0 radical (unpaired) electrons. The molecule has 0 spiro atoms. The van der Waals surface area contributed by atoms with Gasteiger partial charge in [-0.3, -0.25) is 9.21 Å². The normalized spacial score (nSPS) is 15.7. The first-order valence-corrected chi connectivity index (χ1v) is 16.1. The molecule has 0 aromatic heterocycles. The number of likely N-dealkylation sites (tertiary alicyclic amines) is 1. The molecule has 1 saturated heterocycles. The number of ether oxygens (including phenoxy) is 1. The number of rotatable bonds is 11. The average molecular weight is 647 g/mol. The maximum Gasteiger partial charge on any atom is 0.264 e. The summed E-state index contributed by atoms with van der Waals surface area (Å²) < 4.78 is 91.9. The standard InChI is InChI=1S/C33H31ClF4N2O3S/c34-25-11-14-28(15-12-25)44(41,42)40(31-20-26(35)13-16-29(31)36)22-23-6-1-2-10-32(23)43-19-17-27-8-3-4-18-39(27)21-24-7-5-9-30(37)33(24)38/h1-2,5-7,9-16,20,27H,3-4,8,17-19,21-22H2. The summed E-state index contributed by atoms with van der Waals surface area (Å²) in [6, 6.07) is 19.1. The molecule has 4 aromatic carbocycles. The van der Waals surface area contributed by atoms with Crippen molar-refractivity contribution in [1.29, 1.82) is 0 Å². The van der Waals surface area contributed by atoms with Gasteiger partial charge < -0.3 is 4.74 Å². The Hall–Kier alpha value is -3.60. The van der Waals surface area contributed by atoms with E-state index >= 15 is 4.39 Å². The number of anilines is 1. The molecule has 5 nitrogen and oxygen atoms in total. The van der Waals surface area contributed by atoms with Crippen LogP contribution in [0.25, 0.3) is 0 Å². The molecule has 0 aliphatic carbocycles. The van der Waals surface area contributed by atoms with Crippen molar-refractivity contribution in [2.24, 2.45) is 0 Å². The first-order chi connectivity index (χ1) is 21.1. The predicted octanol–water partition coefficient (Wildman–Crippen LogP) is 8.12. The molecule has 0 bridgehead atoms. The number of halogens is 5. The van der Waals surface area contributed by atoms with Crippen LogP contribution in [0, 0.1) is 23.3 Å². The molecule has 1 aliphatic rings. The first kappa shape index (κ1) is 31.8. The van der Waals surface area contributed by atoms with Gasteiger partial charge in [0.25, 0.3) is 10.0 Å². The predicted molar refractivity (Wildman–Crippen MR) is 162 cm³/mol. The lowest BCUT2D eigenvalue weighted by Crippen LogP contribution is -2.40. The van der Waals surface area contributed by atoms with Crippen LogP contribution >= 0.6 is 11.6 Å². The Labute approximate surface area is 259 Å². The topological polar surface area (TPSA) is 49.9 Å². The molecule has 1 aliphatic heterocycles. The number of para-hydroxylation sites is 1. The summed E-state index contributed by atoms with van der Waals surface area (Å²) in [4.78, 5) is 1.99. The molecule has 0 N–H and O–H groups in total. The highest BCUT2D eigenvalue weighted by atomic mass is 35.5. The average Bonchev–Trinajstić information content (AvgIpc) is 3.01. The summed E-state index contributed by atoms with van der Waals surface area (Å²) in [6.07, 6.45) is 3.41. The van der Waals surface area contributed by atoms with Crippen LogP contribution in [0.5, 0.6) is 5.75 Å². The van der Waals surface area contributed by atoms with Crippen molar-refractivity contribution < 1.29 is 30.7 Å². The molecular weight excluding hydrogens is 616 g/mol. The highest BCUT2D eigenvalue weighted by molar-refractivity contribution is 7.92. The zero-order valence-electron chi connectivity index (χ0n) is 23.7. The molecule has 1 fully saturated rings. The quantitative estimate of drug-likeness (QED) is 0.155. The van der Waals surface area contributed by atoms with E-state index < -0.39 is 39.0 Å². The van der Waals surface area contributed by atoms with Crippen molar-refractivity contribution in [3.05, 3.63) is 124 Å². The van der Waals surface area contributed by atoms with E-state index in [4.69, 9.17) is 16.3 Å². The largest absolute Gasteiger partial charge is 0.493 e. The lowest BCUT2D eigenvalue weighted by atomic mass is 9.98. The Balaban J connectivity index is 1.35. The molecule has 1 heterocycles. The molecule has 11 heteroatoms. The van der Waals surface area contributed by atoms with Gasteiger partial charge in [-0.1, -0.05) is 48.4 Å². The van der Waals surface area contributed by atoms with E-state index in [0.29, 0.717) is 28.3 Å². The molecule has 4 aromatic rings. The minimum absolute atomic E-state index is 0.0711. The SMILES string of the molecule is O=S(=O)(c1ccc(Cl)cc1)N(Cc1ccccc1OCCC1CCCCN1Cc1cccc(F)c1F)c1cc(F)ccc1F. The molecule has 44 heavy (non-hydrogen) atoms. The number of hydrogen-bond acceptors (Lipinski definition) is 4. The Morgan fingerprint density at radius 1 is 0.864 bits per heavy atom. The molecule has 232 valence electrons. The number of nitrogens with zero attached hydrogens (tertiary/aromatic N) is 2.